The van der Waals surface area contributed by atoms with Crippen LogP contribution in [0.2, 0.25) is 0 Å². The van der Waals surface area contributed by atoms with Crippen LogP contribution in [0.1, 0.15) is 33.4 Å². The van der Waals surface area contributed by atoms with Gasteiger partial charge in [-0.25, -0.2) is 4.98 Å². The SMILES string of the molecule is Cc1cc(C(=O)NCC(c2ccccc2)N(C)C)c2c(C)nn(C)c2n1. The molecule has 3 rings (SSSR count). The second-order valence-corrected chi connectivity index (χ2v) is 6.82. The van der Waals surface area contributed by atoms with E-state index in [0.29, 0.717) is 12.1 Å². The largest absolute Gasteiger partial charge is 0.350 e. The van der Waals surface area contributed by atoms with Crippen molar-refractivity contribution in [3.8, 4) is 0 Å². The number of amides is 1. The van der Waals surface area contributed by atoms with Crippen molar-refractivity contribution in [3.05, 3.63) is 58.9 Å². The van der Waals surface area contributed by atoms with Crippen molar-refractivity contribution in [1.82, 2.24) is 25.0 Å². The number of nitrogens with zero attached hydrogens (tertiary/aromatic N) is 4. The fourth-order valence-electron chi connectivity index (χ4n) is 3.31. The zero-order valence-electron chi connectivity index (χ0n) is 15.9. The van der Waals surface area contributed by atoms with Crippen LogP contribution in [0.4, 0.5) is 0 Å². The maximum absolute atomic E-state index is 12.9. The van der Waals surface area contributed by atoms with E-state index >= 15 is 0 Å². The van der Waals surface area contributed by atoms with Crippen molar-refractivity contribution < 1.29 is 4.79 Å². The van der Waals surface area contributed by atoms with E-state index in [0.717, 1.165) is 22.4 Å². The molecule has 0 fully saturated rings. The van der Waals surface area contributed by atoms with Gasteiger partial charge in [0.1, 0.15) is 0 Å². The van der Waals surface area contributed by atoms with Crippen LogP contribution in [0, 0.1) is 13.8 Å². The Kier molecular flexibility index (Phi) is 5.04. The summed E-state index contributed by atoms with van der Waals surface area (Å²) in [5.41, 5.74) is 4.15. The number of pyridine rings is 1. The molecule has 2 aromatic heterocycles. The van der Waals surface area contributed by atoms with Crippen LogP contribution in [0.5, 0.6) is 0 Å². The fourth-order valence-corrected chi connectivity index (χ4v) is 3.31. The number of hydrogen-bond donors (Lipinski definition) is 1. The van der Waals surface area contributed by atoms with Gasteiger partial charge in [-0.05, 0) is 39.6 Å². The van der Waals surface area contributed by atoms with Gasteiger partial charge >= 0.3 is 0 Å². The average molecular weight is 351 g/mol. The normalized spacial score (nSPS) is 12.5. The molecule has 3 aromatic rings. The van der Waals surface area contributed by atoms with Gasteiger partial charge in [-0.1, -0.05) is 30.3 Å². The van der Waals surface area contributed by atoms with Gasteiger partial charge in [0.2, 0.25) is 0 Å². The summed E-state index contributed by atoms with van der Waals surface area (Å²) >= 11 is 0. The molecule has 1 amide bonds. The quantitative estimate of drug-likeness (QED) is 0.767. The molecule has 26 heavy (non-hydrogen) atoms. The molecule has 0 radical (unpaired) electrons. The zero-order valence-corrected chi connectivity index (χ0v) is 15.9. The van der Waals surface area contributed by atoms with Gasteiger partial charge in [0, 0.05) is 19.3 Å². The molecule has 0 bridgehead atoms. The lowest BCUT2D eigenvalue weighted by molar-refractivity contribution is 0.0943. The lowest BCUT2D eigenvalue weighted by atomic mass is 10.1. The Bertz CT molecular complexity index is 930. The maximum atomic E-state index is 12.9. The van der Waals surface area contributed by atoms with E-state index in [1.54, 1.807) is 4.68 Å². The second kappa shape index (κ2) is 7.25. The number of rotatable bonds is 5. The summed E-state index contributed by atoms with van der Waals surface area (Å²) in [5, 5.41) is 8.32. The molecule has 1 N–H and O–H groups in total. The van der Waals surface area contributed by atoms with Crippen molar-refractivity contribution >= 4 is 16.9 Å². The van der Waals surface area contributed by atoms with E-state index in [1.165, 1.54) is 5.56 Å². The number of hydrogen-bond acceptors (Lipinski definition) is 4. The lowest BCUT2D eigenvalue weighted by Gasteiger charge is -2.25. The summed E-state index contributed by atoms with van der Waals surface area (Å²) in [5.74, 6) is -0.0978. The van der Waals surface area contributed by atoms with Crippen molar-refractivity contribution in [2.24, 2.45) is 7.05 Å². The van der Waals surface area contributed by atoms with Crippen LogP contribution in [0.25, 0.3) is 11.0 Å². The first-order chi connectivity index (χ1) is 12.4. The highest BCUT2D eigenvalue weighted by atomic mass is 16.1. The van der Waals surface area contributed by atoms with Crippen LogP contribution in [-0.2, 0) is 7.05 Å². The van der Waals surface area contributed by atoms with E-state index in [4.69, 9.17) is 0 Å². The van der Waals surface area contributed by atoms with Crippen LogP contribution in [0.15, 0.2) is 36.4 Å². The molecule has 0 aliphatic rings. The number of likely N-dealkylation sites (N-methyl/N-ethyl adjacent to an activating group) is 1. The number of carbonyl (C=O) groups excluding carboxylic acids is 1. The molecule has 1 atom stereocenters. The molecule has 0 spiro atoms. The predicted octanol–water partition coefficient (Wildman–Crippen LogP) is 2.62. The summed E-state index contributed by atoms with van der Waals surface area (Å²) in [6.45, 7) is 4.33. The predicted molar refractivity (Wildman–Crippen MR) is 103 cm³/mol. The van der Waals surface area contributed by atoms with Gasteiger partial charge in [-0.3, -0.25) is 9.48 Å². The minimum absolute atomic E-state index is 0.0978. The Morgan fingerprint density at radius 2 is 1.92 bits per heavy atom. The number of benzene rings is 1. The minimum Gasteiger partial charge on any atom is -0.350 e. The third-order valence-corrected chi connectivity index (χ3v) is 4.61. The van der Waals surface area contributed by atoms with Crippen LogP contribution >= 0.6 is 0 Å². The van der Waals surface area contributed by atoms with E-state index in [2.05, 4.69) is 32.4 Å². The van der Waals surface area contributed by atoms with Gasteiger partial charge in [-0.15, -0.1) is 0 Å². The van der Waals surface area contributed by atoms with Gasteiger partial charge in [0.25, 0.3) is 5.91 Å². The number of nitrogens with one attached hydrogen (secondary N) is 1. The van der Waals surface area contributed by atoms with Gasteiger partial charge in [0.15, 0.2) is 5.65 Å². The number of fused-ring (bicyclic) bond motifs is 1. The molecular weight excluding hydrogens is 326 g/mol. The van der Waals surface area contributed by atoms with Gasteiger partial charge in [0.05, 0.1) is 22.7 Å². The van der Waals surface area contributed by atoms with Gasteiger partial charge in [-0.2, -0.15) is 5.10 Å². The van der Waals surface area contributed by atoms with E-state index in [-0.39, 0.29) is 11.9 Å². The first-order valence-corrected chi connectivity index (χ1v) is 8.69. The second-order valence-electron chi connectivity index (χ2n) is 6.82. The van der Waals surface area contributed by atoms with Gasteiger partial charge < -0.3 is 10.2 Å². The van der Waals surface area contributed by atoms with Crippen LogP contribution < -0.4 is 5.32 Å². The van der Waals surface area contributed by atoms with Crippen molar-refractivity contribution in [2.75, 3.05) is 20.6 Å². The van der Waals surface area contributed by atoms with Crippen molar-refractivity contribution in [1.29, 1.82) is 0 Å². The third kappa shape index (κ3) is 3.46. The van der Waals surface area contributed by atoms with E-state index < -0.39 is 0 Å². The molecule has 1 aromatic carbocycles. The zero-order chi connectivity index (χ0) is 18.8. The Hall–Kier alpha value is -2.73. The molecule has 0 aliphatic heterocycles. The monoisotopic (exact) mass is 351 g/mol. The lowest BCUT2D eigenvalue weighted by Crippen LogP contribution is -2.34. The Morgan fingerprint density at radius 3 is 2.58 bits per heavy atom. The fraction of sp³-hybridized carbons (Fsp3) is 0.350. The average Bonchev–Trinajstić information content (AvgIpc) is 2.89. The molecule has 136 valence electrons. The molecule has 6 heteroatoms. The van der Waals surface area contributed by atoms with Crippen LogP contribution in [-0.4, -0.2) is 46.2 Å². The molecular formula is C20H25N5O. The third-order valence-electron chi connectivity index (χ3n) is 4.61. The van der Waals surface area contributed by atoms with Crippen molar-refractivity contribution in [3.63, 3.8) is 0 Å². The Balaban J connectivity index is 1.87. The molecule has 6 nitrogen and oxygen atoms in total. The standard InChI is InChI=1S/C20H25N5O/c1-13-11-16(18-14(2)23-25(5)19(18)22-13)20(26)21-12-17(24(3)4)15-9-7-6-8-10-15/h6-11,17H,12H2,1-5H3,(H,21,26). The molecule has 0 saturated heterocycles. The Labute approximate surface area is 153 Å². The molecule has 0 aliphatic carbocycles. The topological polar surface area (TPSA) is 63.1 Å². The molecule has 2 heterocycles. The maximum Gasteiger partial charge on any atom is 0.252 e. The minimum atomic E-state index is -0.0978. The first-order valence-electron chi connectivity index (χ1n) is 8.69. The number of aromatic nitrogens is 3. The van der Waals surface area contributed by atoms with E-state index in [1.807, 2.05) is 59.3 Å². The number of aryl methyl sites for hydroxylation is 3. The number of carbonyl (C=O) groups is 1. The highest BCUT2D eigenvalue weighted by molar-refractivity contribution is 6.06. The highest BCUT2D eigenvalue weighted by Gasteiger charge is 2.20. The summed E-state index contributed by atoms with van der Waals surface area (Å²) in [4.78, 5) is 19.6. The summed E-state index contributed by atoms with van der Waals surface area (Å²) in [7, 11) is 5.88. The van der Waals surface area contributed by atoms with Crippen LogP contribution in [0.3, 0.4) is 0 Å². The van der Waals surface area contributed by atoms with E-state index in [9.17, 15) is 4.79 Å². The summed E-state index contributed by atoms with van der Waals surface area (Å²) in [6, 6.07) is 12.1. The molecule has 1 unspecified atom stereocenters. The smallest absolute Gasteiger partial charge is 0.252 e. The molecule has 0 saturated carbocycles. The van der Waals surface area contributed by atoms with Crippen molar-refractivity contribution in [2.45, 2.75) is 19.9 Å². The summed E-state index contributed by atoms with van der Waals surface area (Å²) < 4.78 is 1.72. The summed E-state index contributed by atoms with van der Waals surface area (Å²) in [6.07, 6.45) is 0. The Morgan fingerprint density at radius 1 is 1.23 bits per heavy atom. The highest BCUT2D eigenvalue weighted by Crippen LogP contribution is 2.22. The first kappa shape index (κ1) is 18.1.